The van der Waals surface area contributed by atoms with Crippen molar-refractivity contribution < 1.29 is 9.59 Å². The molecule has 26 heavy (non-hydrogen) atoms. The minimum absolute atomic E-state index is 0.0462. The van der Waals surface area contributed by atoms with Gasteiger partial charge in [-0.3, -0.25) is 9.78 Å². The number of hydrogen-bond donors (Lipinski definition) is 3. The number of nitrogens with one attached hydrogen (secondary N) is 3. The zero-order valence-electron chi connectivity index (χ0n) is 14.6. The molecule has 0 atom stereocenters. The molecule has 1 aromatic heterocycles. The van der Waals surface area contributed by atoms with Gasteiger partial charge in [0.15, 0.2) is 0 Å². The van der Waals surface area contributed by atoms with E-state index >= 15 is 0 Å². The van der Waals surface area contributed by atoms with Crippen LogP contribution in [0, 0.1) is 0 Å². The van der Waals surface area contributed by atoms with E-state index < -0.39 is 0 Å². The highest BCUT2D eigenvalue weighted by Gasteiger charge is 2.16. The van der Waals surface area contributed by atoms with Gasteiger partial charge in [-0.25, -0.2) is 4.79 Å². The van der Waals surface area contributed by atoms with Crippen LogP contribution in [-0.2, 0) is 17.8 Å². The van der Waals surface area contributed by atoms with Crippen LogP contribution in [0.5, 0.6) is 0 Å². The van der Waals surface area contributed by atoms with Crippen molar-refractivity contribution in [3.8, 4) is 0 Å². The molecule has 0 radical (unpaired) electrons. The fourth-order valence-corrected chi connectivity index (χ4v) is 2.79. The molecule has 1 aliphatic rings. The largest absolute Gasteiger partial charge is 0.360 e. The summed E-state index contributed by atoms with van der Waals surface area (Å²) in [6, 6.07) is 11.6. The van der Waals surface area contributed by atoms with Crippen LogP contribution in [0.3, 0.4) is 0 Å². The van der Waals surface area contributed by atoms with Crippen LogP contribution in [0.15, 0.2) is 48.8 Å². The molecule has 1 aliphatic heterocycles. The number of nitrogens with zero attached hydrogens (tertiary/aromatic N) is 2. The summed E-state index contributed by atoms with van der Waals surface area (Å²) in [7, 11) is 0. The van der Waals surface area contributed by atoms with Gasteiger partial charge in [0, 0.05) is 44.3 Å². The van der Waals surface area contributed by atoms with E-state index in [9.17, 15) is 9.59 Å². The third-order valence-electron chi connectivity index (χ3n) is 4.21. The van der Waals surface area contributed by atoms with Crippen molar-refractivity contribution in [3.63, 3.8) is 0 Å². The van der Waals surface area contributed by atoms with E-state index in [1.807, 2.05) is 41.3 Å². The number of rotatable bonds is 6. The van der Waals surface area contributed by atoms with Crippen molar-refractivity contribution in [1.82, 2.24) is 20.9 Å². The molecule has 1 fully saturated rings. The normalized spacial score (nSPS) is 13.8. The van der Waals surface area contributed by atoms with Crippen molar-refractivity contribution in [2.75, 3.05) is 31.1 Å². The molecule has 1 aromatic carbocycles. The number of aromatic nitrogens is 1. The Balaban J connectivity index is 1.40. The van der Waals surface area contributed by atoms with E-state index in [2.05, 4.69) is 20.9 Å². The molecule has 0 spiro atoms. The summed E-state index contributed by atoms with van der Waals surface area (Å²) >= 11 is 0. The average Bonchev–Trinajstić information content (AvgIpc) is 2.68. The van der Waals surface area contributed by atoms with Gasteiger partial charge < -0.3 is 20.9 Å². The molecule has 7 nitrogen and oxygen atoms in total. The van der Waals surface area contributed by atoms with E-state index in [1.54, 1.807) is 12.4 Å². The van der Waals surface area contributed by atoms with Gasteiger partial charge in [-0.15, -0.1) is 0 Å². The molecule has 0 unspecified atom stereocenters. The molecule has 1 saturated heterocycles. The maximum absolute atomic E-state index is 11.9. The van der Waals surface area contributed by atoms with Crippen LogP contribution < -0.4 is 20.9 Å². The van der Waals surface area contributed by atoms with Crippen molar-refractivity contribution in [2.24, 2.45) is 0 Å². The van der Waals surface area contributed by atoms with Gasteiger partial charge >= 0.3 is 6.03 Å². The Morgan fingerprint density at radius 2 is 2.00 bits per heavy atom. The Morgan fingerprint density at radius 3 is 2.73 bits per heavy atom. The van der Waals surface area contributed by atoms with Crippen molar-refractivity contribution in [1.29, 1.82) is 0 Å². The number of pyridine rings is 1. The minimum atomic E-state index is -0.189. The fraction of sp³-hybridized carbons (Fsp3) is 0.316. The summed E-state index contributed by atoms with van der Waals surface area (Å²) in [4.78, 5) is 29.4. The smallest absolute Gasteiger partial charge is 0.315 e. The quantitative estimate of drug-likeness (QED) is 0.725. The lowest BCUT2D eigenvalue weighted by atomic mass is 10.2. The lowest BCUT2D eigenvalue weighted by Crippen LogP contribution is -2.47. The molecule has 136 valence electrons. The summed E-state index contributed by atoms with van der Waals surface area (Å²) in [6.07, 6.45) is 4.28. The monoisotopic (exact) mass is 353 g/mol. The minimum Gasteiger partial charge on any atom is -0.360 e. The summed E-state index contributed by atoms with van der Waals surface area (Å²) in [5.41, 5.74) is 3.12. The van der Waals surface area contributed by atoms with Gasteiger partial charge in [-0.05, 0) is 35.7 Å². The molecule has 3 N–H and O–H groups in total. The summed E-state index contributed by atoms with van der Waals surface area (Å²) in [6.45, 7) is 2.88. The van der Waals surface area contributed by atoms with E-state index in [0.29, 0.717) is 26.2 Å². The molecule has 3 amide bonds. The molecule has 0 saturated carbocycles. The van der Waals surface area contributed by atoms with Gasteiger partial charge in [0.05, 0.1) is 6.54 Å². The summed E-state index contributed by atoms with van der Waals surface area (Å²) in [5.74, 6) is 0.0462. The maximum Gasteiger partial charge on any atom is 0.315 e. The topological polar surface area (TPSA) is 86.4 Å². The first-order chi connectivity index (χ1) is 12.7. The second-order valence-corrected chi connectivity index (χ2v) is 6.16. The number of amides is 3. The van der Waals surface area contributed by atoms with Crippen LogP contribution in [0.4, 0.5) is 10.5 Å². The first-order valence-electron chi connectivity index (χ1n) is 8.72. The van der Waals surface area contributed by atoms with E-state index in [4.69, 9.17) is 0 Å². The fourth-order valence-electron chi connectivity index (χ4n) is 2.79. The van der Waals surface area contributed by atoms with Crippen LogP contribution in [0.2, 0.25) is 0 Å². The molecular formula is C19H23N5O2. The van der Waals surface area contributed by atoms with Gasteiger partial charge in [0.25, 0.3) is 0 Å². The number of piperazine rings is 1. The Hall–Kier alpha value is -3.09. The zero-order chi connectivity index (χ0) is 18.2. The lowest BCUT2D eigenvalue weighted by molar-refractivity contribution is -0.120. The van der Waals surface area contributed by atoms with Crippen molar-refractivity contribution in [2.45, 2.75) is 13.0 Å². The number of carbonyl (C=O) groups is 2. The molecule has 2 heterocycles. The second kappa shape index (κ2) is 8.84. The number of carbonyl (C=O) groups excluding carboxylic acids is 2. The molecule has 0 aliphatic carbocycles. The third-order valence-corrected chi connectivity index (χ3v) is 4.21. The van der Waals surface area contributed by atoms with Crippen LogP contribution in [-0.4, -0.2) is 43.1 Å². The number of hydrogen-bond acceptors (Lipinski definition) is 4. The standard InChI is InChI=1S/C19H23N5O2/c25-18-14-24(11-10-21-18)17-5-3-16(4-6-17)13-23-19(26)22-9-7-15-2-1-8-20-12-15/h1-6,8,12H,7,9-11,13-14H2,(H,21,25)(H2,22,23,26). The SMILES string of the molecule is O=C1CN(c2ccc(CNC(=O)NCCc3cccnc3)cc2)CCN1. The summed E-state index contributed by atoms with van der Waals surface area (Å²) < 4.78 is 0. The Labute approximate surface area is 152 Å². The van der Waals surface area contributed by atoms with Gasteiger partial charge in [-0.1, -0.05) is 18.2 Å². The van der Waals surface area contributed by atoms with Crippen LogP contribution in [0.25, 0.3) is 0 Å². The predicted octanol–water partition coefficient (Wildman–Crippen LogP) is 1.06. The zero-order valence-corrected chi connectivity index (χ0v) is 14.6. The molecule has 7 heteroatoms. The van der Waals surface area contributed by atoms with Crippen LogP contribution in [0.1, 0.15) is 11.1 Å². The maximum atomic E-state index is 11.9. The second-order valence-electron chi connectivity index (χ2n) is 6.16. The summed E-state index contributed by atoms with van der Waals surface area (Å²) in [5, 5.41) is 8.50. The van der Waals surface area contributed by atoms with Crippen molar-refractivity contribution >= 4 is 17.6 Å². The van der Waals surface area contributed by atoms with E-state index in [1.165, 1.54) is 0 Å². The van der Waals surface area contributed by atoms with Gasteiger partial charge in [-0.2, -0.15) is 0 Å². The molecule has 0 bridgehead atoms. The average molecular weight is 353 g/mol. The molecule has 3 rings (SSSR count). The first-order valence-corrected chi connectivity index (χ1v) is 8.72. The Bertz CT molecular complexity index is 733. The van der Waals surface area contributed by atoms with Crippen molar-refractivity contribution in [3.05, 3.63) is 59.9 Å². The highest BCUT2D eigenvalue weighted by molar-refractivity contribution is 5.82. The number of benzene rings is 1. The van der Waals surface area contributed by atoms with Gasteiger partial charge in [0.1, 0.15) is 0 Å². The molecule has 2 aromatic rings. The predicted molar refractivity (Wildman–Crippen MR) is 99.8 cm³/mol. The highest BCUT2D eigenvalue weighted by Crippen LogP contribution is 2.15. The van der Waals surface area contributed by atoms with Gasteiger partial charge in [0.2, 0.25) is 5.91 Å². The Morgan fingerprint density at radius 1 is 1.15 bits per heavy atom. The van der Waals surface area contributed by atoms with Crippen LogP contribution >= 0.6 is 0 Å². The lowest BCUT2D eigenvalue weighted by Gasteiger charge is -2.28. The van der Waals surface area contributed by atoms with E-state index in [-0.39, 0.29) is 11.9 Å². The third kappa shape index (κ3) is 5.20. The Kier molecular flexibility index (Phi) is 6.03. The first kappa shape index (κ1) is 17.7. The number of anilines is 1. The number of urea groups is 1. The molecular weight excluding hydrogens is 330 g/mol. The van der Waals surface area contributed by atoms with E-state index in [0.717, 1.165) is 29.8 Å². The highest BCUT2D eigenvalue weighted by atomic mass is 16.2.